The molecule has 0 aliphatic rings. The van der Waals surface area contributed by atoms with E-state index in [9.17, 15) is 14.4 Å². The van der Waals surface area contributed by atoms with Crippen LogP contribution in [-0.2, 0) is 23.9 Å². The minimum absolute atomic E-state index is 0.0984. The fourth-order valence-corrected chi connectivity index (χ4v) is 2.22. The van der Waals surface area contributed by atoms with Crippen LogP contribution in [0.5, 0.6) is 5.75 Å². The van der Waals surface area contributed by atoms with E-state index in [1.54, 1.807) is 25.1 Å². The first-order chi connectivity index (χ1) is 13.3. The highest BCUT2D eigenvalue weighted by molar-refractivity contribution is 7.80. The van der Waals surface area contributed by atoms with E-state index < -0.39 is 17.8 Å². The first-order valence-corrected chi connectivity index (χ1v) is 9.02. The first-order valence-electron chi connectivity index (χ1n) is 8.24. The summed E-state index contributed by atoms with van der Waals surface area (Å²) in [5, 5.41) is 2.78. The van der Waals surface area contributed by atoms with Crippen molar-refractivity contribution in [2.75, 3.05) is 26.9 Å². The summed E-state index contributed by atoms with van der Waals surface area (Å²) in [6.45, 7) is 1.95. The minimum Gasteiger partial charge on any atom is -0.483 e. The van der Waals surface area contributed by atoms with Crippen LogP contribution in [0.2, 0.25) is 5.02 Å². The Morgan fingerprint density at radius 2 is 1.86 bits per heavy atom. The Balaban J connectivity index is 2.21. The molecule has 1 aromatic carbocycles. The molecule has 1 aromatic rings. The number of halogens is 1. The van der Waals surface area contributed by atoms with Gasteiger partial charge in [-0.15, -0.1) is 0 Å². The third-order valence-corrected chi connectivity index (χ3v) is 3.61. The van der Waals surface area contributed by atoms with Gasteiger partial charge in [0.05, 0.1) is 13.0 Å². The van der Waals surface area contributed by atoms with E-state index in [-0.39, 0.29) is 37.8 Å². The third kappa shape index (κ3) is 10.0. The number of nitrogens with one attached hydrogen (secondary N) is 3. The smallest absolute Gasteiger partial charge is 0.306 e. The number of hydrogen-bond acceptors (Lipinski definition) is 7. The zero-order chi connectivity index (χ0) is 20.9. The summed E-state index contributed by atoms with van der Waals surface area (Å²) in [6, 6.07) is 5.02. The average Bonchev–Trinajstić information content (AvgIpc) is 2.64. The molecule has 0 fully saturated rings. The lowest BCUT2D eigenvalue weighted by Crippen LogP contribution is -2.49. The summed E-state index contributed by atoms with van der Waals surface area (Å²) in [6.07, 6.45) is -0.209. The van der Waals surface area contributed by atoms with Gasteiger partial charge in [-0.25, -0.2) is 0 Å². The third-order valence-electron chi connectivity index (χ3n) is 3.17. The average molecular weight is 432 g/mol. The molecule has 1 rings (SSSR count). The van der Waals surface area contributed by atoms with Crippen LogP contribution < -0.4 is 20.9 Å². The van der Waals surface area contributed by atoms with Crippen molar-refractivity contribution in [3.8, 4) is 5.75 Å². The van der Waals surface area contributed by atoms with E-state index in [1.807, 2.05) is 0 Å². The van der Waals surface area contributed by atoms with Crippen molar-refractivity contribution in [1.82, 2.24) is 16.2 Å². The van der Waals surface area contributed by atoms with Gasteiger partial charge >= 0.3 is 5.97 Å². The topological polar surface area (TPSA) is 115 Å². The van der Waals surface area contributed by atoms with Crippen LogP contribution in [0.4, 0.5) is 0 Å². The molecular weight excluding hydrogens is 410 g/mol. The Morgan fingerprint density at radius 3 is 2.54 bits per heavy atom. The molecule has 0 saturated carbocycles. The number of carbonyl (C=O) groups is 3. The van der Waals surface area contributed by atoms with Crippen LogP contribution in [0.1, 0.15) is 18.4 Å². The van der Waals surface area contributed by atoms with Gasteiger partial charge in [0.1, 0.15) is 12.4 Å². The zero-order valence-electron chi connectivity index (χ0n) is 15.5. The molecule has 0 saturated heterocycles. The number of carbonyl (C=O) groups excluding carboxylic acids is 3. The summed E-state index contributed by atoms with van der Waals surface area (Å²) in [7, 11) is 1.48. The first kappa shape index (κ1) is 23.6. The van der Waals surface area contributed by atoms with Gasteiger partial charge in [-0.2, -0.15) is 0 Å². The van der Waals surface area contributed by atoms with Gasteiger partial charge in [0, 0.05) is 18.6 Å². The highest BCUT2D eigenvalue weighted by atomic mass is 35.5. The van der Waals surface area contributed by atoms with Crippen molar-refractivity contribution in [1.29, 1.82) is 0 Å². The van der Waals surface area contributed by atoms with E-state index in [2.05, 4.69) is 16.2 Å². The van der Waals surface area contributed by atoms with Crippen molar-refractivity contribution in [2.45, 2.75) is 19.8 Å². The number of hydrogen-bond donors (Lipinski definition) is 3. The molecule has 0 atom stereocenters. The van der Waals surface area contributed by atoms with E-state index in [4.69, 9.17) is 38.0 Å². The fraction of sp³-hybridized carbons (Fsp3) is 0.412. The Bertz CT molecular complexity index is 716. The van der Waals surface area contributed by atoms with Crippen LogP contribution >= 0.6 is 23.8 Å². The lowest BCUT2D eigenvalue weighted by atomic mass is 10.2. The molecule has 28 heavy (non-hydrogen) atoms. The fourth-order valence-electron chi connectivity index (χ4n) is 1.83. The van der Waals surface area contributed by atoms with Gasteiger partial charge in [-0.3, -0.25) is 25.2 Å². The van der Waals surface area contributed by atoms with Gasteiger partial charge in [0.15, 0.2) is 11.7 Å². The number of methoxy groups -OCH3 is 1. The van der Waals surface area contributed by atoms with Gasteiger partial charge in [-0.1, -0.05) is 11.6 Å². The van der Waals surface area contributed by atoms with Crippen molar-refractivity contribution in [3.63, 3.8) is 0 Å². The Hall–Kier alpha value is -2.43. The van der Waals surface area contributed by atoms with Crippen molar-refractivity contribution < 1.29 is 28.6 Å². The second-order valence-corrected chi connectivity index (χ2v) is 6.31. The SMILES string of the molecule is COCCOC(=O)CCC(=O)NC(=S)NNC(=O)COc1ccc(Cl)cc1C. The summed E-state index contributed by atoms with van der Waals surface area (Å²) in [5.41, 5.74) is 5.44. The van der Waals surface area contributed by atoms with Gasteiger partial charge in [0.2, 0.25) is 5.91 Å². The Kier molecular flexibility index (Phi) is 10.8. The zero-order valence-corrected chi connectivity index (χ0v) is 17.1. The van der Waals surface area contributed by atoms with Crippen LogP contribution in [-0.4, -0.2) is 49.8 Å². The maximum atomic E-state index is 11.8. The van der Waals surface area contributed by atoms with Gasteiger partial charge in [0.25, 0.3) is 5.91 Å². The van der Waals surface area contributed by atoms with Crippen LogP contribution in [0.25, 0.3) is 0 Å². The standard InChI is InChI=1S/C17H22ClN3O6S/c1-11-9-12(18)3-4-13(11)27-10-15(23)20-21-17(28)19-14(22)5-6-16(24)26-8-7-25-2/h3-4,9H,5-8,10H2,1-2H3,(H,20,23)(H2,19,21,22,28). The molecule has 0 aliphatic carbocycles. The second-order valence-electron chi connectivity index (χ2n) is 5.46. The number of rotatable bonds is 9. The maximum absolute atomic E-state index is 11.8. The molecule has 0 radical (unpaired) electrons. The summed E-state index contributed by atoms with van der Waals surface area (Å²) < 4.78 is 14.9. The van der Waals surface area contributed by atoms with Crippen molar-refractivity contribution >= 4 is 46.7 Å². The molecule has 3 N–H and O–H groups in total. The molecule has 0 unspecified atom stereocenters. The molecule has 0 aromatic heterocycles. The van der Waals surface area contributed by atoms with E-state index in [1.165, 1.54) is 7.11 Å². The number of thiocarbonyl (C=S) groups is 1. The predicted octanol–water partition coefficient (Wildman–Crippen LogP) is 1.02. The Morgan fingerprint density at radius 1 is 1.11 bits per heavy atom. The minimum atomic E-state index is -0.519. The molecule has 11 heteroatoms. The van der Waals surface area contributed by atoms with Crippen LogP contribution in [0.15, 0.2) is 18.2 Å². The molecular formula is C17H22ClN3O6S. The molecule has 0 heterocycles. The number of aryl methyl sites for hydroxylation is 1. The molecule has 154 valence electrons. The molecule has 0 aliphatic heterocycles. The highest BCUT2D eigenvalue weighted by Crippen LogP contribution is 2.21. The lowest BCUT2D eigenvalue weighted by Gasteiger charge is -2.12. The summed E-state index contributed by atoms with van der Waals surface area (Å²) >= 11 is 10.7. The molecule has 0 bridgehead atoms. The highest BCUT2D eigenvalue weighted by Gasteiger charge is 2.10. The predicted molar refractivity (Wildman–Crippen MR) is 106 cm³/mol. The largest absolute Gasteiger partial charge is 0.483 e. The lowest BCUT2D eigenvalue weighted by molar-refractivity contribution is -0.146. The van der Waals surface area contributed by atoms with Crippen LogP contribution in [0.3, 0.4) is 0 Å². The summed E-state index contributed by atoms with van der Waals surface area (Å²) in [5.74, 6) is -1.00. The van der Waals surface area contributed by atoms with Gasteiger partial charge in [-0.05, 0) is 42.9 Å². The number of amides is 2. The molecule has 9 nitrogen and oxygen atoms in total. The summed E-state index contributed by atoms with van der Waals surface area (Å²) in [4.78, 5) is 34.8. The van der Waals surface area contributed by atoms with Crippen LogP contribution in [0, 0.1) is 6.92 Å². The number of esters is 1. The van der Waals surface area contributed by atoms with Crippen molar-refractivity contribution in [3.05, 3.63) is 28.8 Å². The molecule has 2 amide bonds. The number of benzene rings is 1. The van der Waals surface area contributed by atoms with E-state index in [0.29, 0.717) is 10.8 Å². The molecule has 0 spiro atoms. The normalized spacial score (nSPS) is 9.96. The van der Waals surface area contributed by atoms with E-state index in [0.717, 1.165) is 5.56 Å². The van der Waals surface area contributed by atoms with E-state index >= 15 is 0 Å². The number of ether oxygens (including phenoxy) is 3. The van der Waals surface area contributed by atoms with Gasteiger partial charge < -0.3 is 19.5 Å². The second kappa shape index (κ2) is 12.9. The Labute approximate surface area is 173 Å². The number of hydrazine groups is 1. The van der Waals surface area contributed by atoms with Crippen molar-refractivity contribution in [2.24, 2.45) is 0 Å². The monoisotopic (exact) mass is 431 g/mol. The maximum Gasteiger partial charge on any atom is 0.306 e. The quantitative estimate of drug-likeness (QED) is 0.230.